The van der Waals surface area contributed by atoms with E-state index in [0.717, 1.165) is 31.0 Å². The number of aromatic nitrogens is 2. The summed E-state index contributed by atoms with van der Waals surface area (Å²) >= 11 is 0. The molecule has 22 heavy (non-hydrogen) atoms. The molecule has 2 heterocycles. The lowest BCUT2D eigenvalue weighted by molar-refractivity contribution is -0.134. The quantitative estimate of drug-likeness (QED) is 0.933. The number of carbonyl (C=O) groups excluding carboxylic acids is 1. The molecule has 1 unspecified atom stereocenters. The molecule has 0 aliphatic carbocycles. The minimum Gasteiger partial charge on any atom is -0.336 e. The first-order valence-electron chi connectivity index (χ1n) is 7.27. The van der Waals surface area contributed by atoms with Gasteiger partial charge in [-0.1, -0.05) is 30.3 Å². The monoisotopic (exact) mass is 320 g/mol. The summed E-state index contributed by atoms with van der Waals surface area (Å²) < 4.78 is 1.99. The SMILES string of the molecule is Cl.Cn1ccnc1C1CNCCN1C(=O)Cc1ccccc1. The van der Waals surface area contributed by atoms with Crippen LogP contribution in [0.3, 0.4) is 0 Å². The molecule has 1 atom stereocenters. The third-order valence-electron chi connectivity index (χ3n) is 3.92. The first-order chi connectivity index (χ1) is 10.3. The normalized spacial score (nSPS) is 17.9. The molecule has 1 aliphatic rings. The summed E-state index contributed by atoms with van der Waals surface area (Å²) in [5.74, 6) is 1.10. The van der Waals surface area contributed by atoms with E-state index in [1.54, 1.807) is 6.20 Å². The molecule has 0 spiro atoms. The minimum absolute atomic E-state index is 0. The van der Waals surface area contributed by atoms with Crippen LogP contribution >= 0.6 is 12.4 Å². The Bertz CT molecular complexity index is 614. The Labute approximate surface area is 136 Å². The average Bonchev–Trinajstić information content (AvgIpc) is 2.94. The van der Waals surface area contributed by atoms with Gasteiger partial charge < -0.3 is 14.8 Å². The van der Waals surface area contributed by atoms with Gasteiger partial charge in [0.1, 0.15) is 11.9 Å². The fraction of sp³-hybridized carbons (Fsp3) is 0.375. The maximum absolute atomic E-state index is 12.6. The van der Waals surface area contributed by atoms with Gasteiger partial charge in [0.15, 0.2) is 0 Å². The van der Waals surface area contributed by atoms with Crippen LogP contribution in [0, 0.1) is 0 Å². The number of nitrogens with zero attached hydrogens (tertiary/aromatic N) is 3. The molecule has 0 bridgehead atoms. The molecule has 1 aromatic heterocycles. The molecule has 0 saturated carbocycles. The summed E-state index contributed by atoms with van der Waals surface area (Å²) in [4.78, 5) is 19.0. The number of hydrogen-bond donors (Lipinski definition) is 1. The second-order valence-electron chi connectivity index (χ2n) is 5.37. The van der Waals surface area contributed by atoms with Crippen molar-refractivity contribution in [2.45, 2.75) is 12.5 Å². The maximum Gasteiger partial charge on any atom is 0.227 e. The first kappa shape index (κ1) is 16.5. The van der Waals surface area contributed by atoms with Crippen LogP contribution in [-0.2, 0) is 18.3 Å². The number of benzene rings is 1. The predicted molar refractivity (Wildman–Crippen MR) is 87.9 cm³/mol. The highest BCUT2D eigenvalue weighted by Gasteiger charge is 2.30. The highest BCUT2D eigenvalue weighted by atomic mass is 35.5. The predicted octanol–water partition coefficient (Wildman–Crippen LogP) is 1.56. The van der Waals surface area contributed by atoms with E-state index in [-0.39, 0.29) is 24.4 Å². The van der Waals surface area contributed by atoms with Gasteiger partial charge >= 0.3 is 0 Å². The summed E-state index contributed by atoms with van der Waals surface area (Å²) in [6, 6.07) is 9.91. The van der Waals surface area contributed by atoms with Crippen molar-refractivity contribution in [1.82, 2.24) is 19.8 Å². The molecule has 1 aromatic carbocycles. The number of imidazole rings is 1. The molecule has 1 fully saturated rings. The molecule has 1 N–H and O–H groups in total. The van der Waals surface area contributed by atoms with Crippen LogP contribution in [0.1, 0.15) is 17.4 Å². The number of piperazine rings is 1. The Balaban J connectivity index is 0.00000176. The van der Waals surface area contributed by atoms with Gasteiger partial charge in [0, 0.05) is 39.1 Å². The first-order valence-corrected chi connectivity index (χ1v) is 7.27. The fourth-order valence-electron chi connectivity index (χ4n) is 2.80. The lowest BCUT2D eigenvalue weighted by Crippen LogP contribution is -2.49. The van der Waals surface area contributed by atoms with Crippen molar-refractivity contribution in [2.24, 2.45) is 7.05 Å². The van der Waals surface area contributed by atoms with Gasteiger partial charge in [0.25, 0.3) is 0 Å². The number of nitrogens with one attached hydrogen (secondary N) is 1. The number of aryl methyl sites for hydroxylation is 1. The van der Waals surface area contributed by atoms with Crippen LogP contribution in [0.25, 0.3) is 0 Å². The van der Waals surface area contributed by atoms with Gasteiger partial charge in [-0.25, -0.2) is 4.98 Å². The molecule has 5 nitrogen and oxygen atoms in total. The molecule has 3 rings (SSSR count). The second kappa shape index (κ2) is 7.42. The van der Waals surface area contributed by atoms with E-state index < -0.39 is 0 Å². The Morgan fingerprint density at radius 1 is 1.36 bits per heavy atom. The Kier molecular flexibility index (Phi) is 5.57. The van der Waals surface area contributed by atoms with E-state index in [0.29, 0.717) is 6.42 Å². The van der Waals surface area contributed by atoms with Gasteiger partial charge in [-0.15, -0.1) is 12.4 Å². The number of hydrogen-bond acceptors (Lipinski definition) is 3. The molecule has 1 aliphatic heterocycles. The summed E-state index contributed by atoms with van der Waals surface area (Å²) in [5.41, 5.74) is 1.06. The maximum atomic E-state index is 12.6. The van der Waals surface area contributed by atoms with E-state index in [1.807, 2.05) is 53.0 Å². The fourth-order valence-corrected chi connectivity index (χ4v) is 2.80. The number of amides is 1. The lowest BCUT2D eigenvalue weighted by atomic mass is 10.1. The number of carbonyl (C=O) groups is 1. The molecule has 1 saturated heterocycles. The Hall–Kier alpha value is -1.85. The van der Waals surface area contributed by atoms with E-state index in [4.69, 9.17) is 0 Å². The summed E-state index contributed by atoms with van der Waals surface area (Å²) in [6.45, 7) is 2.32. The second-order valence-corrected chi connectivity index (χ2v) is 5.37. The highest BCUT2D eigenvalue weighted by Crippen LogP contribution is 2.21. The molecule has 0 radical (unpaired) electrons. The largest absolute Gasteiger partial charge is 0.336 e. The number of halogens is 1. The third-order valence-corrected chi connectivity index (χ3v) is 3.92. The van der Waals surface area contributed by atoms with Crippen molar-refractivity contribution in [3.05, 3.63) is 54.1 Å². The highest BCUT2D eigenvalue weighted by molar-refractivity contribution is 5.85. The average molecular weight is 321 g/mol. The minimum atomic E-state index is 0. The van der Waals surface area contributed by atoms with Gasteiger partial charge in [-0.3, -0.25) is 4.79 Å². The van der Waals surface area contributed by atoms with E-state index in [1.165, 1.54) is 0 Å². The Morgan fingerprint density at radius 2 is 2.14 bits per heavy atom. The summed E-state index contributed by atoms with van der Waals surface area (Å²) in [5, 5.41) is 3.35. The van der Waals surface area contributed by atoms with Crippen molar-refractivity contribution >= 4 is 18.3 Å². The summed E-state index contributed by atoms with van der Waals surface area (Å²) in [6.07, 6.45) is 4.15. The van der Waals surface area contributed by atoms with E-state index >= 15 is 0 Å². The molecule has 1 amide bonds. The zero-order chi connectivity index (χ0) is 14.7. The van der Waals surface area contributed by atoms with Crippen LogP contribution in [0.2, 0.25) is 0 Å². The zero-order valence-corrected chi connectivity index (χ0v) is 13.4. The van der Waals surface area contributed by atoms with Crippen LogP contribution < -0.4 is 5.32 Å². The van der Waals surface area contributed by atoms with Crippen LogP contribution in [0.4, 0.5) is 0 Å². The van der Waals surface area contributed by atoms with Crippen molar-refractivity contribution in [1.29, 1.82) is 0 Å². The topological polar surface area (TPSA) is 50.2 Å². The number of rotatable bonds is 3. The molecule has 2 aromatic rings. The molecule has 6 heteroatoms. The van der Waals surface area contributed by atoms with Crippen molar-refractivity contribution in [3.63, 3.8) is 0 Å². The van der Waals surface area contributed by atoms with Gasteiger partial charge in [0.2, 0.25) is 5.91 Å². The van der Waals surface area contributed by atoms with Gasteiger partial charge in [0.05, 0.1) is 6.42 Å². The summed E-state index contributed by atoms with van der Waals surface area (Å²) in [7, 11) is 1.97. The Morgan fingerprint density at radius 3 is 2.82 bits per heavy atom. The molecular formula is C16H21ClN4O. The van der Waals surface area contributed by atoms with E-state index in [2.05, 4.69) is 10.3 Å². The van der Waals surface area contributed by atoms with Gasteiger partial charge in [-0.2, -0.15) is 0 Å². The van der Waals surface area contributed by atoms with E-state index in [9.17, 15) is 4.79 Å². The smallest absolute Gasteiger partial charge is 0.227 e. The van der Waals surface area contributed by atoms with Crippen molar-refractivity contribution in [3.8, 4) is 0 Å². The third kappa shape index (κ3) is 3.48. The zero-order valence-electron chi connectivity index (χ0n) is 12.6. The molecular weight excluding hydrogens is 300 g/mol. The van der Waals surface area contributed by atoms with Crippen LogP contribution in [0.5, 0.6) is 0 Å². The van der Waals surface area contributed by atoms with Crippen molar-refractivity contribution in [2.75, 3.05) is 19.6 Å². The van der Waals surface area contributed by atoms with Gasteiger partial charge in [-0.05, 0) is 5.56 Å². The standard InChI is InChI=1S/C16H20N4O.ClH/c1-19-9-8-18-16(19)14-12-17-7-10-20(14)15(21)11-13-5-3-2-4-6-13;/h2-6,8-9,14,17H,7,10-12H2,1H3;1H. The van der Waals surface area contributed by atoms with Crippen LogP contribution in [-0.4, -0.2) is 40.0 Å². The van der Waals surface area contributed by atoms with Crippen LogP contribution in [0.15, 0.2) is 42.7 Å². The molecule has 118 valence electrons. The lowest BCUT2D eigenvalue weighted by Gasteiger charge is -2.35. The van der Waals surface area contributed by atoms with Crippen molar-refractivity contribution < 1.29 is 4.79 Å².